The Bertz CT molecular complexity index is 953. The number of hydrogen-bond donors (Lipinski definition) is 1. The minimum absolute atomic E-state index is 0.143. The number of fused-ring (bicyclic) bond motifs is 3. The van der Waals surface area contributed by atoms with Crippen LogP contribution in [0.2, 0.25) is 0 Å². The lowest BCUT2D eigenvalue weighted by Gasteiger charge is -2.18. The quantitative estimate of drug-likeness (QED) is 0.765. The van der Waals surface area contributed by atoms with E-state index in [2.05, 4.69) is 25.4 Å². The Balaban J connectivity index is 1.67. The molecule has 1 saturated heterocycles. The van der Waals surface area contributed by atoms with Crippen LogP contribution in [0.5, 0.6) is 0 Å². The van der Waals surface area contributed by atoms with E-state index in [-0.39, 0.29) is 19.0 Å². The van der Waals surface area contributed by atoms with Crippen LogP contribution in [0.25, 0.3) is 21.9 Å². The molecule has 0 aromatic carbocycles. The predicted octanol–water partition coefficient (Wildman–Crippen LogP) is 2.17. The SMILES string of the molecule is O=C(CC(F)(F)F)N1CCC(c2[nH]ncc3nnc4nccc4c23)C1. The Morgan fingerprint density at radius 2 is 2.20 bits per heavy atom. The summed E-state index contributed by atoms with van der Waals surface area (Å²) in [6.07, 6.45) is -2.21. The van der Waals surface area contributed by atoms with E-state index in [1.54, 1.807) is 12.4 Å². The summed E-state index contributed by atoms with van der Waals surface area (Å²) in [6, 6.07) is 1.81. The van der Waals surface area contributed by atoms with Crippen LogP contribution in [-0.2, 0) is 4.79 Å². The second-order valence-corrected chi connectivity index (χ2v) is 6.04. The van der Waals surface area contributed by atoms with Gasteiger partial charge in [0.2, 0.25) is 5.91 Å². The van der Waals surface area contributed by atoms with Gasteiger partial charge in [0.05, 0.1) is 6.20 Å². The lowest BCUT2D eigenvalue weighted by atomic mass is 9.99. The van der Waals surface area contributed by atoms with Gasteiger partial charge in [0.1, 0.15) is 11.9 Å². The van der Waals surface area contributed by atoms with E-state index in [0.29, 0.717) is 17.6 Å². The molecule has 10 heteroatoms. The number of nitrogens with one attached hydrogen (secondary N) is 1. The summed E-state index contributed by atoms with van der Waals surface area (Å²) in [4.78, 5) is 17.2. The van der Waals surface area contributed by atoms with Crippen LogP contribution in [0.15, 0.2) is 18.5 Å². The van der Waals surface area contributed by atoms with Crippen molar-refractivity contribution in [2.75, 3.05) is 13.1 Å². The first kappa shape index (κ1) is 15.7. The van der Waals surface area contributed by atoms with E-state index in [4.69, 9.17) is 0 Å². The van der Waals surface area contributed by atoms with Crippen molar-refractivity contribution in [2.24, 2.45) is 0 Å². The maximum absolute atomic E-state index is 12.4. The van der Waals surface area contributed by atoms with E-state index in [1.807, 2.05) is 6.07 Å². The third kappa shape index (κ3) is 2.87. The van der Waals surface area contributed by atoms with Crippen molar-refractivity contribution in [3.8, 4) is 0 Å². The summed E-state index contributed by atoms with van der Waals surface area (Å²) in [5, 5.41) is 16.7. The highest BCUT2D eigenvalue weighted by Crippen LogP contribution is 2.33. The molecule has 130 valence electrons. The van der Waals surface area contributed by atoms with Gasteiger partial charge in [-0.15, -0.1) is 10.2 Å². The van der Waals surface area contributed by atoms with Crippen molar-refractivity contribution in [1.82, 2.24) is 30.3 Å². The van der Waals surface area contributed by atoms with Gasteiger partial charge < -0.3 is 4.90 Å². The number of H-pyrrole nitrogens is 1. The third-order valence-electron chi connectivity index (χ3n) is 4.40. The first-order valence-corrected chi connectivity index (χ1v) is 7.71. The van der Waals surface area contributed by atoms with E-state index < -0.39 is 18.5 Å². The first-order valence-electron chi connectivity index (χ1n) is 7.71. The highest BCUT2D eigenvalue weighted by Gasteiger charge is 2.37. The molecule has 1 aliphatic heterocycles. The fourth-order valence-electron chi connectivity index (χ4n) is 3.28. The molecule has 1 fully saturated rings. The first-order chi connectivity index (χ1) is 11.9. The molecule has 0 bridgehead atoms. The highest BCUT2D eigenvalue weighted by atomic mass is 19.4. The van der Waals surface area contributed by atoms with Gasteiger partial charge in [-0.05, 0) is 12.5 Å². The van der Waals surface area contributed by atoms with Crippen LogP contribution in [-0.4, -0.2) is 55.5 Å². The maximum atomic E-state index is 12.4. The lowest BCUT2D eigenvalue weighted by molar-refractivity contribution is -0.160. The molecule has 4 rings (SSSR count). The predicted molar refractivity (Wildman–Crippen MR) is 81.6 cm³/mol. The Morgan fingerprint density at radius 1 is 1.36 bits per heavy atom. The summed E-state index contributed by atoms with van der Waals surface area (Å²) in [7, 11) is 0. The standard InChI is InChI=1S/C15H13F3N6O/c16-15(17,18)5-11(25)24-4-2-8(7-24)13-12-9-1-3-19-14(9)23-21-10(12)6-20-22-13/h1,3,6,8,22H,2,4-5,7H2. The summed E-state index contributed by atoms with van der Waals surface area (Å²) < 4.78 is 37.3. The molecule has 1 unspecified atom stereocenters. The monoisotopic (exact) mass is 350 g/mol. The van der Waals surface area contributed by atoms with Crippen molar-refractivity contribution in [3.05, 3.63) is 24.2 Å². The number of nitrogens with zero attached hydrogens (tertiary/aromatic N) is 5. The van der Waals surface area contributed by atoms with Gasteiger partial charge >= 0.3 is 6.18 Å². The number of alkyl halides is 3. The molecule has 1 N–H and O–H groups in total. The Hall–Kier alpha value is -2.78. The largest absolute Gasteiger partial charge is 0.397 e. The Labute approximate surface area is 139 Å². The highest BCUT2D eigenvalue weighted by molar-refractivity contribution is 6.03. The molecule has 25 heavy (non-hydrogen) atoms. The number of aromatic amines is 1. The molecular formula is C15H13F3N6O. The number of hydrogen-bond acceptors (Lipinski definition) is 5. The normalized spacial score (nSPS) is 18.4. The number of likely N-dealkylation sites (tertiary alicyclic amines) is 1. The van der Waals surface area contributed by atoms with Crippen molar-refractivity contribution in [2.45, 2.75) is 24.9 Å². The summed E-state index contributed by atoms with van der Waals surface area (Å²) >= 11 is 0. The summed E-state index contributed by atoms with van der Waals surface area (Å²) in [5.74, 6) is -1.04. The van der Waals surface area contributed by atoms with Gasteiger partial charge in [-0.3, -0.25) is 9.89 Å². The molecule has 0 aliphatic carbocycles. The fourth-order valence-corrected chi connectivity index (χ4v) is 3.28. The number of rotatable bonds is 2. The Morgan fingerprint density at radius 3 is 3.00 bits per heavy atom. The van der Waals surface area contributed by atoms with Gasteiger partial charge in [-0.25, -0.2) is 4.98 Å². The molecule has 0 saturated carbocycles. The molecule has 1 atom stereocenters. The molecule has 1 amide bonds. The van der Waals surface area contributed by atoms with Gasteiger partial charge in [0.15, 0.2) is 5.65 Å². The molecule has 0 spiro atoms. The van der Waals surface area contributed by atoms with Crippen LogP contribution in [0.3, 0.4) is 0 Å². The summed E-state index contributed by atoms with van der Waals surface area (Å²) in [6.45, 7) is 0.495. The average Bonchev–Trinajstić information content (AvgIpc) is 3.22. The molecule has 0 radical (unpaired) electrons. The molecule has 3 aromatic rings. The summed E-state index contributed by atoms with van der Waals surface area (Å²) in [5.41, 5.74) is 1.82. The molecule has 1 aliphatic rings. The van der Waals surface area contributed by atoms with Gasteiger partial charge in [0.25, 0.3) is 0 Å². The van der Waals surface area contributed by atoms with Crippen LogP contribution in [0.4, 0.5) is 13.2 Å². The fraction of sp³-hybridized carbons (Fsp3) is 0.400. The van der Waals surface area contributed by atoms with Crippen LogP contribution in [0.1, 0.15) is 24.5 Å². The Kier molecular flexibility index (Phi) is 3.55. The van der Waals surface area contributed by atoms with Gasteiger partial charge in [-0.2, -0.15) is 18.3 Å². The third-order valence-corrected chi connectivity index (χ3v) is 4.40. The van der Waals surface area contributed by atoms with Crippen LogP contribution in [0, 0.1) is 0 Å². The zero-order valence-electron chi connectivity index (χ0n) is 12.9. The zero-order valence-corrected chi connectivity index (χ0v) is 12.9. The topological polar surface area (TPSA) is 87.7 Å². The maximum Gasteiger partial charge on any atom is 0.397 e. The number of carbonyl (C=O) groups excluding carboxylic acids is 1. The van der Waals surface area contributed by atoms with Crippen LogP contribution < -0.4 is 0 Å². The molecule has 3 aromatic heterocycles. The van der Waals surface area contributed by atoms with Crippen molar-refractivity contribution in [3.63, 3.8) is 0 Å². The zero-order chi connectivity index (χ0) is 17.6. The molecule has 7 nitrogen and oxygen atoms in total. The number of carbonyl (C=O) groups is 1. The second-order valence-electron chi connectivity index (χ2n) is 6.04. The van der Waals surface area contributed by atoms with Gasteiger partial charge in [0, 0.05) is 41.7 Å². The van der Waals surface area contributed by atoms with Gasteiger partial charge in [-0.1, -0.05) is 0 Å². The molecule has 4 heterocycles. The van der Waals surface area contributed by atoms with E-state index >= 15 is 0 Å². The number of aromatic nitrogens is 5. The minimum atomic E-state index is -4.50. The van der Waals surface area contributed by atoms with Crippen molar-refractivity contribution < 1.29 is 18.0 Å². The van der Waals surface area contributed by atoms with Crippen molar-refractivity contribution in [1.29, 1.82) is 0 Å². The van der Waals surface area contributed by atoms with Crippen molar-refractivity contribution >= 4 is 27.8 Å². The van der Waals surface area contributed by atoms with Crippen LogP contribution >= 0.6 is 0 Å². The smallest absolute Gasteiger partial charge is 0.342 e. The number of amides is 1. The lowest BCUT2D eigenvalue weighted by Crippen LogP contribution is -2.32. The van der Waals surface area contributed by atoms with E-state index in [9.17, 15) is 18.0 Å². The molecular weight excluding hydrogens is 337 g/mol. The van der Waals surface area contributed by atoms with E-state index in [1.165, 1.54) is 4.90 Å². The minimum Gasteiger partial charge on any atom is -0.342 e. The second kappa shape index (κ2) is 5.64. The van der Waals surface area contributed by atoms with E-state index in [0.717, 1.165) is 16.5 Å². The average molecular weight is 350 g/mol. The number of halogens is 3.